The summed E-state index contributed by atoms with van der Waals surface area (Å²) in [6, 6.07) is 11.2. The first-order chi connectivity index (χ1) is 15.3. The van der Waals surface area contributed by atoms with E-state index in [0.29, 0.717) is 29.2 Å². The second-order valence-corrected chi connectivity index (χ2v) is 7.95. The van der Waals surface area contributed by atoms with E-state index in [2.05, 4.69) is 5.10 Å². The van der Waals surface area contributed by atoms with Crippen LogP contribution < -0.4 is 9.47 Å². The Kier molecular flexibility index (Phi) is 7.12. The van der Waals surface area contributed by atoms with Gasteiger partial charge in [0.1, 0.15) is 12.4 Å². The molecule has 1 aliphatic rings. The summed E-state index contributed by atoms with van der Waals surface area (Å²) in [5.41, 5.74) is 1.58. The second-order valence-electron chi connectivity index (χ2n) is 7.95. The largest absolute Gasteiger partial charge is 0.493 e. The standard InChI is InChI=1S/C24H28FN3O4/c1-15(2)24(30)27(3)14-23(29)28-20(16-10-11-21(31-4)22(12-16)32-5)13-19(26-28)17-8-6-7-9-18(17)25/h6-12,15,20H,13-14H2,1-5H3/t20-/m1/s1. The van der Waals surface area contributed by atoms with Gasteiger partial charge in [-0.3, -0.25) is 9.59 Å². The Balaban J connectivity index is 1.97. The molecule has 1 heterocycles. The highest BCUT2D eigenvalue weighted by Gasteiger charge is 2.35. The van der Waals surface area contributed by atoms with Crippen LogP contribution in [0, 0.1) is 11.7 Å². The van der Waals surface area contributed by atoms with Crippen molar-refractivity contribution >= 4 is 17.5 Å². The van der Waals surface area contributed by atoms with Gasteiger partial charge in [0, 0.05) is 24.9 Å². The van der Waals surface area contributed by atoms with Crippen LogP contribution in [0.2, 0.25) is 0 Å². The summed E-state index contributed by atoms with van der Waals surface area (Å²) in [6.45, 7) is 3.43. The number of carbonyl (C=O) groups excluding carboxylic acids is 2. The number of halogens is 1. The molecule has 0 aliphatic carbocycles. The number of nitrogens with zero attached hydrogens (tertiary/aromatic N) is 3. The normalized spacial score (nSPS) is 15.5. The van der Waals surface area contributed by atoms with E-state index in [9.17, 15) is 14.0 Å². The predicted molar refractivity (Wildman–Crippen MR) is 119 cm³/mol. The minimum absolute atomic E-state index is 0.130. The molecule has 7 nitrogen and oxygen atoms in total. The smallest absolute Gasteiger partial charge is 0.262 e. The van der Waals surface area contributed by atoms with Crippen LogP contribution in [0.25, 0.3) is 0 Å². The highest BCUT2D eigenvalue weighted by atomic mass is 19.1. The zero-order valence-corrected chi connectivity index (χ0v) is 19.0. The van der Waals surface area contributed by atoms with E-state index < -0.39 is 11.9 Å². The van der Waals surface area contributed by atoms with E-state index in [-0.39, 0.29) is 24.3 Å². The molecule has 0 fully saturated rings. The SMILES string of the molecule is COc1ccc([C@H]2CC(c3ccccc3F)=NN2C(=O)CN(C)C(=O)C(C)C)cc1OC. The van der Waals surface area contributed by atoms with Gasteiger partial charge in [-0.05, 0) is 23.8 Å². The summed E-state index contributed by atoms with van der Waals surface area (Å²) in [5.74, 6) is -0.0520. The Labute approximate surface area is 187 Å². The molecule has 2 aromatic rings. The summed E-state index contributed by atoms with van der Waals surface area (Å²) in [6.07, 6.45) is 0.323. The molecule has 0 saturated carbocycles. The van der Waals surface area contributed by atoms with Crippen LogP contribution in [0.5, 0.6) is 11.5 Å². The third-order valence-electron chi connectivity index (χ3n) is 5.39. The monoisotopic (exact) mass is 441 g/mol. The molecule has 3 rings (SSSR count). The van der Waals surface area contributed by atoms with Crippen LogP contribution in [0.4, 0.5) is 4.39 Å². The maximum atomic E-state index is 14.4. The van der Waals surface area contributed by atoms with Gasteiger partial charge in [0.2, 0.25) is 5.91 Å². The summed E-state index contributed by atoms with van der Waals surface area (Å²) in [4.78, 5) is 26.8. The molecular formula is C24H28FN3O4. The number of methoxy groups -OCH3 is 2. The molecule has 170 valence electrons. The Hall–Kier alpha value is -3.42. The minimum atomic E-state index is -0.473. The van der Waals surface area contributed by atoms with E-state index in [1.54, 1.807) is 58.3 Å². The number of hydrazone groups is 1. The van der Waals surface area contributed by atoms with Crippen molar-refractivity contribution in [2.24, 2.45) is 11.0 Å². The van der Waals surface area contributed by atoms with Gasteiger partial charge in [-0.15, -0.1) is 0 Å². The summed E-state index contributed by atoms with van der Waals surface area (Å²) in [5, 5.41) is 5.82. The van der Waals surface area contributed by atoms with Gasteiger partial charge >= 0.3 is 0 Å². The molecule has 2 aromatic carbocycles. The molecule has 0 unspecified atom stereocenters. The molecule has 1 atom stereocenters. The first-order valence-corrected chi connectivity index (χ1v) is 10.4. The molecule has 32 heavy (non-hydrogen) atoms. The molecule has 0 saturated heterocycles. The highest BCUT2D eigenvalue weighted by Crippen LogP contribution is 2.37. The van der Waals surface area contributed by atoms with Gasteiger partial charge in [-0.1, -0.05) is 38.1 Å². The fourth-order valence-corrected chi connectivity index (χ4v) is 3.71. The van der Waals surface area contributed by atoms with Crippen molar-refractivity contribution in [3.05, 3.63) is 59.4 Å². The number of amides is 2. The van der Waals surface area contributed by atoms with E-state index in [4.69, 9.17) is 9.47 Å². The highest BCUT2D eigenvalue weighted by molar-refractivity contribution is 6.03. The molecule has 0 aromatic heterocycles. The lowest BCUT2D eigenvalue weighted by molar-refractivity contribution is -0.142. The van der Waals surface area contributed by atoms with Crippen molar-refractivity contribution in [2.75, 3.05) is 27.8 Å². The third-order valence-corrected chi connectivity index (χ3v) is 5.39. The second kappa shape index (κ2) is 9.80. The van der Waals surface area contributed by atoms with Crippen molar-refractivity contribution in [2.45, 2.75) is 26.3 Å². The molecule has 0 bridgehead atoms. The first-order valence-electron chi connectivity index (χ1n) is 10.4. The van der Waals surface area contributed by atoms with E-state index >= 15 is 0 Å². The quantitative estimate of drug-likeness (QED) is 0.658. The van der Waals surface area contributed by atoms with E-state index in [1.165, 1.54) is 23.1 Å². The van der Waals surface area contributed by atoms with Gasteiger partial charge in [0.25, 0.3) is 5.91 Å². The van der Waals surface area contributed by atoms with Crippen LogP contribution >= 0.6 is 0 Å². The number of ether oxygens (including phenoxy) is 2. The van der Waals surface area contributed by atoms with Crippen molar-refractivity contribution in [1.29, 1.82) is 0 Å². The van der Waals surface area contributed by atoms with Crippen molar-refractivity contribution < 1.29 is 23.5 Å². The molecular weight excluding hydrogens is 413 g/mol. The fraction of sp³-hybridized carbons (Fsp3) is 0.375. The molecule has 0 radical (unpaired) electrons. The van der Waals surface area contributed by atoms with E-state index in [1.807, 2.05) is 6.07 Å². The Morgan fingerprint density at radius 1 is 1.16 bits per heavy atom. The molecule has 0 spiro atoms. The number of hydrogen-bond acceptors (Lipinski definition) is 5. The van der Waals surface area contributed by atoms with Gasteiger partial charge in [0.05, 0.1) is 26.0 Å². The van der Waals surface area contributed by atoms with Crippen LogP contribution in [0.1, 0.15) is 37.4 Å². The van der Waals surface area contributed by atoms with Crippen molar-refractivity contribution in [1.82, 2.24) is 9.91 Å². The van der Waals surface area contributed by atoms with Crippen molar-refractivity contribution in [3.63, 3.8) is 0 Å². The van der Waals surface area contributed by atoms with Crippen LogP contribution in [-0.4, -0.2) is 55.2 Å². The summed E-state index contributed by atoms with van der Waals surface area (Å²) in [7, 11) is 4.67. The lowest BCUT2D eigenvalue weighted by Crippen LogP contribution is -2.40. The summed E-state index contributed by atoms with van der Waals surface area (Å²) >= 11 is 0. The average molecular weight is 442 g/mol. The van der Waals surface area contributed by atoms with Gasteiger partial charge < -0.3 is 14.4 Å². The van der Waals surface area contributed by atoms with Crippen molar-refractivity contribution in [3.8, 4) is 11.5 Å². The Morgan fingerprint density at radius 2 is 1.84 bits per heavy atom. The number of rotatable bonds is 7. The molecule has 1 aliphatic heterocycles. The number of benzene rings is 2. The lowest BCUT2D eigenvalue weighted by Gasteiger charge is -2.26. The van der Waals surface area contributed by atoms with Crippen LogP contribution in [0.3, 0.4) is 0 Å². The number of likely N-dealkylation sites (N-methyl/N-ethyl adjacent to an activating group) is 1. The van der Waals surface area contributed by atoms with E-state index in [0.717, 1.165) is 5.56 Å². The predicted octanol–water partition coefficient (Wildman–Crippen LogP) is 3.64. The zero-order chi connectivity index (χ0) is 23.4. The molecule has 2 amide bonds. The Morgan fingerprint density at radius 3 is 2.47 bits per heavy atom. The topological polar surface area (TPSA) is 71.4 Å². The fourth-order valence-electron chi connectivity index (χ4n) is 3.71. The zero-order valence-electron chi connectivity index (χ0n) is 19.0. The van der Waals surface area contributed by atoms with Gasteiger partial charge in [-0.2, -0.15) is 5.10 Å². The Bertz CT molecular complexity index is 1040. The number of hydrogen-bond donors (Lipinski definition) is 0. The maximum absolute atomic E-state index is 14.4. The maximum Gasteiger partial charge on any atom is 0.262 e. The van der Waals surface area contributed by atoms with Gasteiger partial charge in [-0.25, -0.2) is 9.40 Å². The first kappa shape index (κ1) is 23.2. The van der Waals surface area contributed by atoms with Gasteiger partial charge in [0.15, 0.2) is 11.5 Å². The molecule has 0 N–H and O–H groups in total. The lowest BCUT2D eigenvalue weighted by atomic mass is 9.97. The average Bonchev–Trinajstić information content (AvgIpc) is 3.23. The minimum Gasteiger partial charge on any atom is -0.493 e. The number of carbonyl (C=O) groups is 2. The van der Waals surface area contributed by atoms with Crippen LogP contribution in [-0.2, 0) is 9.59 Å². The third kappa shape index (κ3) is 4.74. The van der Waals surface area contributed by atoms with Crippen LogP contribution in [0.15, 0.2) is 47.6 Å². The molecule has 8 heteroatoms. The summed E-state index contributed by atoms with van der Waals surface area (Å²) < 4.78 is 25.2.